The number of carbonyl (C=O) groups is 1. The fraction of sp³-hybridized carbons (Fsp3) is 0.308. The Labute approximate surface area is 189 Å². The van der Waals surface area contributed by atoms with Crippen LogP contribution < -0.4 is 10.1 Å². The highest BCUT2D eigenvalue weighted by Gasteiger charge is 2.12. The van der Waals surface area contributed by atoms with Gasteiger partial charge in [-0.15, -0.1) is 0 Å². The first-order chi connectivity index (χ1) is 15.7. The van der Waals surface area contributed by atoms with Gasteiger partial charge in [0.1, 0.15) is 12.4 Å². The molecule has 1 aliphatic rings. The third kappa shape index (κ3) is 5.93. The fourth-order valence-corrected chi connectivity index (χ4v) is 3.71. The quantitative estimate of drug-likeness (QED) is 0.589. The number of hydrogen-bond acceptors (Lipinski definition) is 5. The van der Waals surface area contributed by atoms with Crippen molar-refractivity contribution in [2.45, 2.75) is 13.5 Å². The summed E-state index contributed by atoms with van der Waals surface area (Å²) in [5.74, 6) is 0.684. The number of rotatable bonds is 8. The molecule has 1 aliphatic heterocycles. The van der Waals surface area contributed by atoms with E-state index in [0.29, 0.717) is 24.4 Å². The van der Waals surface area contributed by atoms with Crippen molar-refractivity contribution in [2.24, 2.45) is 0 Å². The molecular formula is C26H29N3O3. The first-order valence-corrected chi connectivity index (χ1v) is 11.0. The van der Waals surface area contributed by atoms with Gasteiger partial charge >= 0.3 is 0 Å². The second-order valence-electron chi connectivity index (χ2n) is 7.83. The van der Waals surface area contributed by atoms with Crippen LogP contribution in [0.25, 0.3) is 11.3 Å². The third-order valence-corrected chi connectivity index (χ3v) is 5.53. The molecule has 3 aromatic rings. The molecule has 1 amide bonds. The number of aromatic nitrogens is 1. The zero-order chi connectivity index (χ0) is 22.2. The SMILES string of the molecule is Cc1nc(-c2ccccc2)ccc1C(=O)NCc1cccc(OCCN2CCOCC2)c1. The molecule has 6 nitrogen and oxygen atoms in total. The van der Waals surface area contributed by atoms with Crippen molar-refractivity contribution in [2.75, 3.05) is 39.5 Å². The van der Waals surface area contributed by atoms with Crippen molar-refractivity contribution in [1.82, 2.24) is 15.2 Å². The summed E-state index contributed by atoms with van der Waals surface area (Å²) in [6.07, 6.45) is 0. The summed E-state index contributed by atoms with van der Waals surface area (Å²) in [5.41, 5.74) is 4.19. The van der Waals surface area contributed by atoms with Crippen molar-refractivity contribution in [3.63, 3.8) is 0 Å². The molecule has 32 heavy (non-hydrogen) atoms. The molecule has 0 atom stereocenters. The maximum Gasteiger partial charge on any atom is 0.253 e. The molecule has 0 unspecified atom stereocenters. The molecule has 0 aliphatic carbocycles. The topological polar surface area (TPSA) is 63.7 Å². The Hall–Kier alpha value is -3.22. The number of pyridine rings is 1. The highest BCUT2D eigenvalue weighted by atomic mass is 16.5. The molecule has 2 heterocycles. The summed E-state index contributed by atoms with van der Waals surface area (Å²) in [5, 5.41) is 2.99. The highest BCUT2D eigenvalue weighted by Crippen LogP contribution is 2.19. The summed E-state index contributed by atoms with van der Waals surface area (Å²) in [6, 6.07) is 21.5. The molecule has 1 fully saturated rings. The van der Waals surface area contributed by atoms with Crippen LogP contribution in [-0.4, -0.2) is 55.2 Å². The molecule has 0 radical (unpaired) electrons. The van der Waals surface area contributed by atoms with Crippen LogP contribution in [0.15, 0.2) is 66.7 Å². The number of nitrogens with one attached hydrogen (secondary N) is 1. The Morgan fingerprint density at radius 3 is 2.66 bits per heavy atom. The van der Waals surface area contributed by atoms with Gasteiger partial charge < -0.3 is 14.8 Å². The first kappa shape index (κ1) is 22.0. The highest BCUT2D eigenvalue weighted by molar-refractivity contribution is 5.95. The number of amides is 1. The Bertz CT molecular complexity index is 1030. The number of morpholine rings is 1. The van der Waals surface area contributed by atoms with Gasteiger partial charge in [-0.05, 0) is 36.8 Å². The second-order valence-corrected chi connectivity index (χ2v) is 7.83. The van der Waals surface area contributed by atoms with Crippen molar-refractivity contribution in [1.29, 1.82) is 0 Å². The number of ether oxygens (including phenoxy) is 2. The molecule has 6 heteroatoms. The predicted octanol–water partition coefficient (Wildman–Crippen LogP) is 3.70. The van der Waals surface area contributed by atoms with E-state index >= 15 is 0 Å². The van der Waals surface area contributed by atoms with E-state index in [1.807, 2.05) is 73.7 Å². The first-order valence-electron chi connectivity index (χ1n) is 11.0. The maximum absolute atomic E-state index is 12.7. The van der Waals surface area contributed by atoms with Gasteiger partial charge in [-0.2, -0.15) is 0 Å². The average molecular weight is 432 g/mol. The number of aryl methyl sites for hydroxylation is 1. The number of hydrogen-bond donors (Lipinski definition) is 1. The molecule has 1 N–H and O–H groups in total. The largest absolute Gasteiger partial charge is 0.492 e. The van der Waals surface area contributed by atoms with Crippen LogP contribution in [-0.2, 0) is 11.3 Å². The van der Waals surface area contributed by atoms with Gasteiger partial charge in [-0.3, -0.25) is 14.7 Å². The molecular weight excluding hydrogens is 402 g/mol. The van der Waals surface area contributed by atoms with Crippen molar-refractivity contribution in [3.8, 4) is 17.0 Å². The molecule has 0 spiro atoms. The molecule has 1 saturated heterocycles. The Kier molecular flexibility index (Phi) is 7.48. The standard InChI is InChI=1S/C26H29N3O3/c1-20-24(10-11-25(28-20)22-7-3-2-4-8-22)26(30)27-19-21-6-5-9-23(18-21)32-17-14-29-12-15-31-16-13-29/h2-11,18H,12-17,19H2,1H3,(H,27,30). The Balaban J connectivity index is 1.30. The maximum atomic E-state index is 12.7. The van der Waals surface area contributed by atoms with Gasteiger partial charge in [0.15, 0.2) is 0 Å². The van der Waals surface area contributed by atoms with Crippen molar-refractivity contribution >= 4 is 5.91 Å². The van der Waals surface area contributed by atoms with Crippen molar-refractivity contribution < 1.29 is 14.3 Å². The lowest BCUT2D eigenvalue weighted by atomic mass is 10.1. The number of benzene rings is 2. The van der Waals surface area contributed by atoms with E-state index in [9.17, 15) is 4.79 Å². The van der Waals surface area contributed by atoms with Gasteiger partial charge in [0, 0.05) is 31.7 Å². The summed E-state index contributed by atoms with van der Waals surface area (Å²) in [6.45, 7) is 7.30. The van der Waals surface area contributed by atoms with Crippen molar-refractivity contribution in [3.05, 3.63) is 83.6 Å². The van der Waals surface area contributed by atoms with E-state index in [2.05, 4.69) is 15.2 Å². The number of carbonyl (C=O) groups excluding carboxylic acids is 1. The average Bonchev–Trinajstić information content (AvgIpc) is 2.84. The van der Waals surface area contributed by atoms with Gasteiger partial charge in [-0.1, -0.05) is 42.5 Å². The lowest BCUT2D eigenvalue weighted by Crippen LogP contribution is -2.38. The van der Waals surface area contributed by atoms with Crippen LogP contribution in [0, 0.1) is 6.92 Å². The van der Waals surface area contributed by atoms with E-state index in [1.165, 1.54) is 0 Å². The van der Waals surface area contributed by atoms with Crippen LogP contribution in [0.1, 0.15) is 21.6 Å². The zero-order valence-electron chi connectivity index (χ0n) is 18.4. The monoisotopic (exact) mass is 431 g/mol. The fourth-order valence-electron chi connectivity index (χ4n) is 3.71. The minimum atomic E-state index is -0.131. The molecule has 166 valence electrons. The molecule has 0 bridgehead atoms. The minimum Gasteiger partial charge on any atom is -0.492 e. The van der Waals surface area contributed by atoms with Crippen LogP contribution in [0.2, 0.25) is 0 Å². The summed E-state index contributed by atoms with van der Waals surface area (Å²) in [7, 11) is 0. The number of nitrogens with zero attached hydrogens (tertiary/aromatic N) is 2. The van der Waals surface area contributed by atoms with E-state index < -0.39 is 0 Å². The molecule has 4 rings (SSSR count). The van der Waals surface area contributed by atoms with E-state index in [0.717, 1.165) is 55.4 Å². The van der Waals surface area contributed by atoms with Crippen LogP contribution in [0.3, 0.4) is 0 Å². The second kappa shape index (κ2) is 10.9. The van der Waals surface area contributed by atoms with Gasteiger partial charge in [0.25, 0.3) is 5.91 Å². The van der Waals surface area contributed by atoms with Gasteiger partial charge in [-0.25, -0.2) is 0 Å². The van der Waals surface area contributed by atoms with E-state index in [-0.39, 0.29) is 5.91 Å². The van der Waals surface area contributed by atoms with Crippen LogP contribution in [0.4, 0.5) is 0 Å². The smallest absolute Gasteiger partial charge is 0.253 e. The molecule has 0 saturated carbocycles. The normalized spacial score (nSPS) is 14.2. The van der Waals surface area contributed by atoms with Gasteiger partial charge in [0.05, 0.1) is 30.2 Å². The third-order valence-electron chi connectivity index (χ3n) is 5.53. The zero-order valence-corrected chi connectivity index (χ0v) is 18.4. The van der Waals surface area contributed by atoms with Crippen LogP contribution in [0.5, 0.6) is 5.75 Å². The van der Waals surface area contributed by atoms with Crippen LogP contribution >= 0.6 is 0 Å². The molecule has 2 aromatic carbocycles. The van der Waals surface area contributed by atoms with E-state index in [4.69, 9.17) is 9.47 Å². The lowest BCUT2D eigenvalue weighted by molar-refractivity contribution is 0.0322. The lowest BCUT2D eigenvalue weighted by Gasteiger charge is -2.26. The summed E-state index contributed by atoms with van der Waals surface area (Å²) < 4.78 is 11.3. The molecule has 1 aromatic heterocycles. The summed E-state index contributed by atoms with van der Waals surface area (Å²) >= 11 is 0. The minimum absolute atomic E-state index is 0.131. The van der Waals surface area contributed by atoms with Gasteiger partial charge in [0.2, 0.25) is 0 Å². The van der Waals surface area contributed by atoms with E-state index in [1.54, 1.807) is 0 Å². The predicted molar refractivity (Wildman–Crippen MR) is 125 cm³/mol. The Morgan fingerprint density at radius 1 is 1.06 bits per heavy atom. The summed E-state index contributed by atoms with van der Waals surface area (Å²) in [4.78, 5) is 19.7. The Morgan fingerprint density at radius 2 is 1.88 bits per heavy atom.